The van der Waals surface area contributed by atoms with E-state index in [9.17, 15) is 9.59 Å². The molecule has 5 heteroatoms. The third-order valence-electron chi connectivity index (χ3n) is 2.63. The minimum Gasteiger partial charge on any atom is -0.480 e. The third-order valence-corrected chi connectivity index (χ3v) is 3.89. The zero-order valence-corrected chi connectivity index (χ0v) is 11.7. The van der Waals surface area contributed by atoms with E-state index in [1.165, 1.54) is 0 Å². The molecule has 0 heterocycles. The first-order valence-corrected chi connectivity index (χ1v) is 6.89. The molecule has 1 aliphatic rings. The van der Waals surface area contributed by atoms with Gasteiger partial charge in [0.25, 0.3) is 0 Å². The first-order chi connectivity index (χ1) is 7.72. The van der Waals surface area contributed by atoms with E-state index in [-0.39, 0.29) is 16.7 Å². The van der Waals surface area contributed by atoms with Crippen LogP contribution in [0.15, 0.2) is 0 Å². The van der Waals surface area contributed by atoms with Crippen LogP contribution in [0.5, 0.6) is 0 Å². The number of amides is 1. The lowest BCUT2D eigenvalue weighted by Gasteiger charge is -2.27. The van der Waals surface area contributed by atoms with Gasteiger partial charge in [0.1, 0.15) is 6.04 Å². The van der Waals surface area contributed by atoms with Gasteiger partial charge in [-0.05, 0) is 19.8 Å². The lowest BCUT2D eigenvalue weighted by Crippen LogP contribution is -2.45. The maximum absolute atomic E-state index is 12.1. The van der Waals surface area contributed by atoms with E-state index in [0.717, 1.165) is 12.8 Å². The van der Waals surface area contributed by atoms with Gasteiger partial charge < -0.3 is 10.0 Å². The fraction of sp³-hybridized carbons (Fsp3) is 0.833. The van der Waals surface area contributed by atoms with Gasteiger partial charge in [-0.15, -0.1) is 11.8 Å². The molecular weight excluding hydrogens is 238 g/mol. The Bertz CT molecular complexity index is 307. The van der Waals surface area contributed by atoms with Crippen LogP contribution in [0.4, 0.5) is 0 Å². The summed E-state index contributed by atoms with van der Waals surface area (Å²) in [7, 11) is 0. The van der Waals surface area contributed by atoms with E-state index in [2.05, 4.69) is 0 Å². The van der Waals surface area contributed by atoms with Crippen molar-refractivity contribution in [3.05, 3.63) is 0 Å². The van der Waals surface area contributed by atoms with Gasteiger partial charge in [0, 0.05) is 10.8 Å². The Morgan fingerprint density at radius 3 is 2.29 bits per heavy atom. The van der Waals surface area contributed by atoms with E-state index in [1.807, 2.05) is 20.8 Å². The second kappa shape index (κ2) is 5.29. The summed E-state index contributed by atoms with van der Waals surface area (Å²) < 4.78 is 0.0251. The number of carbonyl (C=O) groups is 2. The smallest absolute Gasteiger partial charge is 0.326 e. The van der Waals surface area contributed by atoms with E-state index >= 15 is 0 Å². The van der Waals surface area contributed by atoms with Gasteiger partial charge >= 0.3 is 5.97 Å². The number of nitrogens with zero attached hydrogens (tertiary/aromatic N) is 1. The summed E-state index contributed by atoms with van der Waals surface area (Å²) >= 11 is 1.56. The van der Waals surface area contributed by atoms with Crippen LogP contribution in [0.25, 0.3) is 0 Å². The largest absolute Gasteiger partial charge is 0.480 e. The molecule has 0 bridgehead atoms. The van der Waals surface area contributed by atoms with Gasteiger partial charge in [-0.3, -0.25) is 4.79 Å². The highest BCUT2D eigenvalue weighted by molar-refractivity contribution is 8.01. The fourth-order valence-corrected chi connectivity index (χ4v) is 2.27. The molecule has 0 saturated heterocycles. The summed E-state index contributed by atoms with van der Waals surface area (Å²) in [6.07, 6.45) is 1.87. The summed E-state index contributed by atoms with van der Waals surface area (Å²) in [5, 5.41) is 9.01. The predicted octanol–water partition coefficient (Wildman–Crippen LogP) is 1.98. The van der Waals surface area contributed by atoms with Gasteiger partial charge in [0.05, 0.1) is 5.75 Å². The summed E-state index contributed by atoms with van der Waals surface area (Å²) in [4.78, 5) is 24.6. The molecule has 1 rings (SSSR count). The number of rotatable bonds is 5. The minimum atomic E-state index is -0.925. The zero-order valence-electron chi connectivity index (χ0n) is 10.9. The van der Waals surface area contributed by atoms with Crippen molar-refractivity contribution < 1.29 is 14.7 Å². The second-order valence-electron chi connectivity index (χ2n) is 5.45. The lowest BCUT2D eigenvalue weighted by molar-refractivity contribution is -0.148. The van der Waals surface area contributed by atoms with Crippen LogP contribution >= 0.6 is 11.8 Å². The van der Waals surface area contributed by atoms with Crippen molar-refractivity contribution in [1.82, 2.24) is 4.90 Å². The summed E-state index contributed by atoms with van der Waals surface area (Å²) in [5.41, 5.74) is 0. The average Bonchev–Trinajstić information content (AvgIpc) is 2.97. The highest BCUT2D eigenvalue weighted by Crippen LogP contribution is 2.31. The first-order valence-electron chi connectivity index (χ1n) is 5.90. The normalized spacial score (nSPS) is 17.6. The van der Waals surface area contributed by atoms with Crippen molar-refractivity contribution in [2.24, 2.45) is 0 Å². The fourth-order valence-electron chi connectivity index (χ4n) is 1.56. The van der Waals surface area contributed by atoms with Crippen LogP contribution in [-0.2, 0) is 9.59 Å². The molecule has 0 aromatic heterocycles. The number of carbonyl (C=O) groups excluding carboxylic acids is 1. The molecule has 98 valence electrons. The molecule has 1 fully saturated rings. The van der Waals surface area contributed by atoms with E-state index in [1.54, 1.807) is 23.6 Å². The highest BCUT2D eigenvalue weighted by Gasteiger charge is 2.38. The number of aliphatic carboxylic acids is 1. The number of thioether (sulfide) groups is 1. The molecule has 1 atom stereocenters. The van der Waals surface area contributed by atoms with Crippen LogP contribution in [0.3, 0.4) is 0 Å². The molecule has 1 aliphatic carbocycles. The second-order valence-corrected chi connectivity index (χ2v) is 7.25. The molecule has 0 spiro atoms. The van der Waals surface area contributed by atoms with Gasteiger partial charge in [-0.25, -0.2) is 4.79 Å². The molecular formula is C12H21NO3S. The molecule has 4 nitrogen and oxygen atoms in total. The lowest BCUT2D eigenvalue weighted by atomic mass is 10.2. The molecule has 0 aromatic carbocycles. The molecule has 1 unspecified atom stereocenters. The maximum Gasteiger partial charge on any atom is 0.326 e. The van der Waals surface area contributed by atoms with Crippen molar-refractivity contribution in [3.8, 4) is 0 Å². The number of hydrogen-bond acceptors (Lipinski definition) is 3. The Labute approximate surface area is 107 Å². The van der Waals surface area contributed by atoms with Gasteiger partial charge in [0.2, 0.25) is 5.91 Å². The van der Waals surface area contributed by atoms with Crippen LogP contribution in [-0.4, -0.2) is 44.5 Å². The Hall–Kier alpha value is -0.710. The van der Waals surface area contributed by atoms with E-state index in [0.29, 0.717) is 5.75 Å². The van der Waals surface area contributed by atoms with Crippen molar-refractivity contribution >= 4 is 23.6 Å². The Morgan fingerprint density at radius 1 is 1.41 bits per heavy atom. The molecule has 1 N–H and O–H groups in total. The van der Waals surface area contributed by atoms with E-state index in [4.69, 9.17) is 5.11 Å². The molecule has 17 heavy (non-hydrogen) atoms. The summed E-state index contributed by atoms with van der Waals surface area (Å²) in [6, 6.07) is -0.565. The molecule has 1 amide bonds. The monoisotopic (exact) mass is 259 g/mol. The van der Waals surface area contributed by atoms with Crippen molar-refractivity contribution in [1.29, 1.82) is 0 Å². The number of carboxylic acid groups (broad SMARTS) is 1. The van der Waals surface area contributed by atoms with Crippen LogP contribution in [0.2, 0.25) is 0 Å². The average molecular weight is 259 g/mol. The molecule has 0 radical (unpaired) electrons. The Kier molecular flexibility index (Phi) is 4.47. The standard InChI is InChI=1S/C12H21NO3S/c1-8(11(15)16)13(9-5-6-9)10(14)7-17-12(2,3)4/h8-9H,5-7H2,1-4H3,(H,15,16). The van der Waals surface area contributed by atoms with Crippen molar-refractivity contribution in [2.45, 2.75) is 57.4 Å². The van der Waals surface area contributed by atoms with Crippen LogP contribution in [0, 0.1) is 0 Å². The first kappa shape index (κ1) is 14.4. The summed E-state index contributed by atoms with van der Waals surface area (Å²) in [6.45, 7) is 7.73. The van der Waals surface area contributed by atoms with Crippen molar-refractivity contribution in [3.63, 3.8) is 0 Å². The molecule has 1 saturated carbocycles. The predicted molar refractivity (Wildman–Crippen MR) is 69.2 cm³/mol. The molecule has 0 aliphatic heterocycles. The van der Waals surface area contributed by atoms with Crippen LogP contribution in [0.1, 0.15) is 40.5 Å². The topological polar surface area (TPSA) is 57.6 Å². The Balaban J connectivity index is 2.59. The van der Waals surface area contributed by atoms with Gasteiger partial charge in [-0.2, -0.15) is 0 Å². The quantitative estimate of drug-likeness (QED) is 0.820. The van der Waals surface area contributed by atoms with Crippen LogP contribution < -0.4 is 0 Å². The number of hydrogen-bond donors (Lipinski definition) is 1. The van der Waals surface area contributed by atoms with Gasteiger partial charge in [-0.1, -0.05) is 20.8 Å². The molecule has 0 aromatic rings. The SMILES string of the molecule is CC(C(=O)O)N(C(=O)CSC(C)(C)C)C1CC1. The van der Waals surface area contributed by atoms with Crippen molar-refractivity contribution in [2.75, 3.05) is 5.75 Å². The minimum absolute atomic E-state index is 0.0251. The van der Waals surface area contributed by atoms with E-state index < -0.39 is 12.0 Å². The maximum atomic E-state index is 12.1. The van der Waals surface area contributed by atoms with Gasteiger partial charge in [0.15, 0.2) is 0 Å². The Morgan fingerprint density at radius 2 is 1.94 bits per heavy atom. The summed E-state index contributed by atoms with van der Waals surface area (Å²) in [5.74, 6) is -0.620. The third kappa shape index (κ3) is 4.58. The number of carboxylic acids is 1. The zero-order chi connectivity index (χ0) is 13.2. The highest BCUT2D eigenvalue weighted by atomic mass is 32.2.